The summed E-state index contributed by atoms with van der Waals surface area (Å²) < 4.78 is 0. The minimum Gasteiger partial charge on any atom is -0.465 e. The van der Waals surface area contributed by atoms with Crippen LogP contribution in [0.15, 0.2) is 35.9 Å². The normalized spacial score (nSPS) is 25.0. The van der Waals surface area contributed by atoms with Gasteiger partial charge >= 0.3 is 6.09 Å². The SMILES string of the molecule is CC(=Cc1ccccc1)C1CC1N(C(=O)O)C1CCN(CCO)CC1. The summed E-state index contributed by atoms with van der Waals surface area (Å²) in [6, 6.07) is 10.4. The lowest BCUT2D eigenvalue weighted by Crippen LogP contribution is -2.48. The van der Waals surface area contributed by atoms with Crippen LogP contribution in [0.4, 0.5) is 4.79 Å². The number of carbonyl (C=O) groups is 1. The van der Waals surface area contributed by atoms with E-state index in [1.807, 2.05) is 18.2 Å². The zero-order valence-corrected chi connectivity index (χ0v) is 14.8. The number of rotatable bonds is 6. The van der Waals surface area contributed by atoms with Gasteiger partial charge in [0.1, 0.15) is 0 Å². The first-order valence-corrected chi connectivity index (χ1v) is 9.18. The number of aliphatic hydroxyl groups excluding tert-OH is 1. The molecule has 1 heterocycles. The van der Waals surface area contributed by atoms with Gasteiger partial charge in [0.2, 0.25) is 0 Å². The van der Waals surface area contributed by atoms with Gasteiger partial charge in [0, 0.05) is 37.6 Å². The first-order valence-electron chi connectivity index (χ1n) is 9.18. The molecule has 2 fully saturated rings. The maximum absolute atomic E-state index is 11.9. The Kier molecular flexibility index (Phi) is 5.76. The summed E-state index contributed by atoms with van der Waals surface area (Å²) >= 11 is 0. The molecule has 1 aliphatic heterocycles. The van der Waals surface area contributed by atoms with Crippen molar-refractivity contribution in [2.45, 2.75) is 38.3 Å². The predicted molar refractivity (Wildman–Crippen MR) is 98.4 cm³/mol. The predicted octanol–water partition coefficient (Wildman–Crippen LogP) is 2.92. The average molecular weight is 344 g/mol. The summed E-state index contributed by atoms with van der Waals surface area (Å²) in [4.78, 5) is 15.8. The Labute approximate surface area is 149 Å². The lowest BCUT2D eigenvalue weighted by atomic mass is 10.0. The second-order valence-corrected chi connectivity index (χ2v) is 7.19. The first-order chi connectivity index (χ1) is 12.1. The summed E-state index contributed by atoms with van der Waals surface area (Å²) in [7, 11) is 0. The van der Waals surface area contributed by atoms with Crippen LogP contribution in [0.25, 0.3) is 6.08 Å². The molecule has 5 heteroatoms. The molecule has 1 saturated heterocycles. The van der Waals surface area contributed by atoms with E-state index in [1.54, 1.807) is 4.90 Å². The Bertz CT molecular complexity index is 609. The van der Waals surface area contributed by atoms with Gasteiger partial charge in [-0.2, -0.15) is 0 Å². The Morgan fingerprint density at radius 2 is 1.96 bits per heavy atom. The van der Waals surface area contributed by atoms with Crippen LogP contribution in [-0.2, 0) is 0 Å². The number of carboxylic acid groups (broad SMARTS) is 1. The smallest absolute Gasteiger partial charge is 0.407 e. The molecule has 5 nitrogen and oxygen atoms in total. The summed E-state index contributed by atoms with van der Waals surface area (Å²) in [5.74, 6) is 0.340. The monoisotopic (exact) mass is 344 g/mol. The maximum Gasteiger partial charge on any atom is 0.407 e. The van der Waals surface area contributed by atoms with Crippen molar-refractivity contribution in [3.05, 3.63) is 41.5 Å². The number of hydrogen-bond acceptors (Lipinski definition) is 3. The fraction of sp³-hybridized carbons (Fsp3) is 0.550. The van der Waals surface area contributed by atoms with Gasteiger partial charge in [0.25, 0.3) is 0 Å². The minimum atomic E-state index is -0.791. The van der Waals surface area contributed by atoms with E-state index in [-0.39, 0.29) is 18.7 Å². The number of aliphatic hydroxyl groups is 1. The van der Waals surface area contributed by atoms with Crippen molar-refractivity contribution >= 4 is 12.2 Å². The summed E-state index contributed by atoms with van der Waals surface area (Å²) in [5.41, 5.74) is 2.44. The lowest BCUT2D eigenvalue weighted by Gasteiger charge is -2.37. The molecule has 2 unspecified atom stereocenters. The molecular weight excluding hydrogens is 316 g/mol. The van der Waals surface area contributed by atoms with E-state index in [2.05, 4.69) is 30.0 Å². The van der Waals surface area contributed by atoms with Crippen molar-refractivity contribution in [3.63, 3.8) is 0 Å². The lowest BCUT2D eigenvalue weighted by molar-refractivity contribution is 0.0787. The molecule has 1 saturated carbocycles. The molecule has 1 aromatic rings. The Morgan fingerprint density at radius 3 is 2.56 bits per heavy atom. The highest BCUT2D eigenvalue weighted by Gasteiger charge is 2.47. The van der Waals surface area contributed by atoms with E-state index in [0.717, 1.165) is 32.4 Å². The molecule has 0 bridgehead atoms. The second-order valence-electron chi connectivity index (χ2n) is 7.19. The average Bonchev–Trinajstić information content (AvgIpc) is 3.38. The molecule has 2 N–H and O–H groups in total. The van der Waals surface area contributed by atoms with E-state index < -0.39 is 6.09 Å². The zero-order chi connectivity index (χ0) is 17.8. The molecule has 25 heavy (non-hydrogen) atoms. The summed E-state index contributed by atoms with van der Waals surface area (Å²) in [5, 5.41) is 18.8. The van der Waals surface area contributed by atoms with Crippen molar-refractivity contribution in [2.75, 3.05) is 26.2 Å². The van der Waals surface area contributed by atoms with E-state index in [1.165, 1.54) is 11.1 Å². The molecule has 3 rings (SSSR count). The van der Waals surface area contributed by atoms with Gasteiger partial charge in [-0.25, -0.2) is 4.79 Å². The zero-order valence-electron chi connectivity index (χ0n) is 14.8. The number of benzene rings is 1. The van der Waals surface area contributed by atoms with Crippen molar-refractivity contribution in [3.8, 4) is 0 Å². The molecule has 0 aromatic heterocycles. The molecular formula is C20H28N2O3. The van der Waals surface area contributed by atoms with E-state index in [4.69, 9.17) is 5.11 Å². The van der Waals surface area contributed by atoms with Crippen LogP contribution in [0, 0.1) is 5.92 Å². The molecule has 1 aromatic carbocycles. The van der Waals surface area contributed by atoms with Gasteiger partial charge in [0.05, 0.1) is 6.61 Å². The number of hydrogen-bond donors (Lipinski definition) is 2. The van der Waals surface area contributed by atoms with Gasteiger partial charge < -0.3 is 20.0 Å². The highest BCUT2D eigenvalue weighted by Crippen LogP contribution is 2.44. The van der Waals surface area contributed by atoms with Crippen molar-refractivity contribution < 1.29 is 15.0 Å². The molecule has 136 valence electrons. The van der Waals surface area contributed by atoms with Crippen LogP contribution in [-0.4, -0.2) is 64.4 Å². The molecule has 1 aliphatic carbocycles. The highest BCUT2D eigenvalue weighted by atomic mass is 16.4. The first kappa shape index (κ1) is 18.0. The van der Waals surface area contributed by atoms with Crippen LogP contribution < -0.4 is 0 Å². The molecule has 2 aliphatic rings. The minimum absolute atomic E-state index is 0.104. The van der Waals surface area contributed by atoms with Crippen LogP contribution in [0.1, 0.15) is 31.7 Å². The van der Waals surface area contributed by atoms with Crippen molar-refractivity contribution in [2.24, 2.45) is 5.92 Å². The fourth-order valence-electron chi connectivity index (χ4n) is 4.03. The second kappa shape index (κ2) is 8.02. The highest BCUT2D eigenvalue weighted by molar-refractivity contribution is 5.67. The Balaban J connectivity index is 1.62. The molecule has 2 atom stereocenters. The van der Waals surface area contributed by atoms with Gasteiger partial charge in [-0.1, -0.05) is 42.0 Å². The van der Waals surface area contributed by atoms with E-state index in [0.29, 0.717) is 12.5 Å². The number of nitrogens with zero attached hydrogens (tertiary/aromatic N) is 2. The Morgan fingerprint density at radius 1 is 1.28 bits per heavy atom. The summed E-state index contributed by atoms with van der Waals surface area (Å²) in [6.45, 7) is 4.70. The van der Waals surface area contributed by atoms with Crippen molar-refractivity contribution in [1.82, 2.24) is 9.80 Å². The molecule has 0 spiro atoms. The quantitative estimate of drug-likeness (QED) is 0.833. The van der Waals surface area contributed by atoms with Crippen molar-refractivity contribution in [1.29, 1.82) is 0 Å². The largest absolute Gasteiger partial charge is 0.465 e. The topological polar surface area (TPSA) is 64.0 Å². The van der Waals surface area contributed by atoms with Crippen LogP contribution >= 0.6 is 0 Å². The van der Waals surface area contributed by atoms with Gasteiger partial charge in [0.15, 0.2) is 0 Å². The number of β-amino-alcohol motifs (C(OH)–C–C–N with tert-alkyl or cyclic N) is 1. The third-order valence-electron chi connectivity index (χ3n) is 5.48. The van der Waals surface area contributed by atoms with E-state index in [9.17, 15) is 9.90 Å². The van der Waals surface area contributed by atoms with Gasteiger partial charge in [-0.3, -0.25) is 0 Å². The Hall–Kier alpha value is -1.85. The van der Waals surface area contributed by atoms with Gasteiger partial charge in [-0.05, 0) is 31.7 Å². The van der Waals surface area contributed by atoms with Crippen LogP contribution in [0.3, 0.4) is 0 Å². The number of piperidine rings is 1. The van der Waals surface area contributed by atoms with Crippen LogP contribution in [0.2, 0.25) is 0 Å². The maximum atomic E-state index is 11.9. The third-order valence-corrected chi connectivity index (χ3v) is 5.48. The number of amides is 1. The fourth-order valence-corrected chi connectivity index (χ4v) is 4.03. The molecule has 0 radical (unpaired) electrons. The van der Waals surface area contributed by atoms with Gasteiger partial charge in [-0.15, -0.1) is 0 Å². The molecule has 1 amide bonds. The summed E-state index contributed by atoms with van der Waals surface area (Å²) in [6.07, 6.45) is 4.03. The van der Waals surface area contributed by atoms with Crippen LogP contribution in [0.5, 0.6) is 0 Å². The van der Waals surface area contributed by atoms with E-state index >= 15 is 0 Å². The third kappa shape index (κ3) is 4.41. The number of likely N-dealkylation sites (tertiary alicyclic amines) is 1. The standard InChI is InChI=1S/C20H28N2O3/c1-15(13-16-5-3-2-4-6-16)18-14-19(18)22(20(24)25)17-7-9-21(10-8-17)11-12-23/h2-6,13,17-19,23H,7-12,14H2,1H3,(H,24,25).